The third-order valence-corrected chi connectivity index (χ3v) is 0.697. The van der Waals surface area contributed by atoms with Crippen LogP contribution in [-0.4, -0.2) is 10.5 Å². The van der Waals surface area contributed by atoms with Crippen molar-refractivity contribution in [2.24, 2.45) is 0 Å². The van der Waals surface area contributed by atoms with Crippen molar-refractivity contribution in [2.75, 3.05) is 0 Å². The predicted molar refractivity (Wildman–Crippen MR) is 25.6 cm³/mol. The Balaban J connectivity index is 3.00. The third-order valence-electron chi connectivity index (χ3n) is 0.697. The lowest BCUT2D eigenvalue weighted by Gasteiger charge is -1.58. The van der Waals surface area contributed by atoms with Crippen molar-refractivity contribution in [3.8, 4) is 0 Å². The number of nitrogens with zero attached hydrogens (tertiary/aromatic N) is 2. The Morgan fingerprint density at radius 3 is 2.86 bits per heavy atom. The van der Waals surface area contributed by atoms with Gasteiger partial charge in [0.05, 0.1) is 0 Å². The molecular weight excluding hydrogens is 88.1 g/mol. The first-order valence-corrected chi connectivity index (χ1v) is 1.91. The highest BCUT2D eigenvalue weighted by molar-refractivity contribution is 6.01. The van der Waals surface area contributed by atoms with Crippen LogP contribution in [0.5, 0.6) is 0 Å². The van der Waals surface area contributed by atoms with Crippen molar-refractivity contribution in [1.29, 1.82) is 0 Å². The maximum Gasteiger partial charge on any atom is 0.316 e. The van der Waals surface area contributed by atoms with E-state index in [4.69, 9.17) is 5.53 Å². The summed E-state index contributed by atoms with van der Waals surface area (Å²) >= 11 is 0. The van der Waals surface area contributed by atoms with Gasteiger partial charge < -0.3 is 5.53 Å². The van der Waals surface area contributed by atoms with Gasteiger partial charge in [0.25, 0.3) is 0 Å². The molecule has 0 aromatic carbocycles. The quantitative estimate of drug-likeness (QED) is 0.309. The van der Waals surface area contributed by atoms with Crippen LogP contribution in [0.2, 0.25) is 0 Å². The van der Waals surface area contributed by atoms with Gasteiger partial charge in [-0.25, -0.2) is 0 Å². The zero-order valence-corrected chi connectivity index (χ0v) is 3.63. The topological polar surface area (TPSA) is 36.4 Å². The van der Waals surface area contributed by atoms with E-state index in [1.165, 1.54) is 0 Å². The van der Waals surface area contributed by atoms with Gasteiger partial charge in [-0.05, 0) is 12.2 Å². The lowest BCUT2D eigenvalue weighted by atomic mass is 10.4. The normalized spacial score (nSPS) is 15.1. The molecule has 1 aliphatic rings. The van der Waals surface area contributed by atoms with Crippen LogP contribution in [0.15, 0.2) is 18.2 Å². The standard InChI is InChI=1S/C5H3N2/c6-7-5-3-1-2-4-5/h1,3-4H. The van der Waals surface area contributed by atoms with Crippen molar-refractivity contribution in [2.45, 2.75) is 0 Å². The van der Waals surface area contributed by atoms with Gasteiger partial charge >= 0.3 is 5.71 Å². The number of allylic oxidation sites excluding steroid dienone is 4. The summed E-state index contributed by atoms with van der Waals surface area (Å²) in [6.45, 7) is 0. The highest BCUT2D eigenvalue weighted by Gasteiger charge is 1.97. The zero-order valence-electron chi connectivity index (χ0n) is 3.63. The molecule has 1 rings (SSSR count). The highest BCUT2D eigenvalue weighted by Crippen LogP contribution is 1.88. The summed E-state index contributed by atoms with van der Waals surface area (Å²) in [4.78, 5) is 2.90. The number of rotatable bonds is 0. The summed E-state index contributed by atoms with van der Waals surface area (Å²) < 4.78 is 0. The predicted octanol–water partition coefficient (Wildman–Crippen LogP) is 0.586. The Labute approximate surface area is 41.4 Å². The van der Waals surface area contributed by atoms with Gasteiger partial charge in [-0.2, -0.15) is 4.79 Å². The van der Waals surface area contributed by atoms with Crippen LogP contribution in [0.1, 0.15) is 0 Å². The van der Waals surface area contributed by atoms with Crippen LogP contribution < -0.4 is 0 Å². The van der Waals surface area contributed by atoms with E-state index in [0.29, 0.717) is 5.71 Å². The first-order valence-electron chi connectivity index (χ1n) is 1.91. The summed E-state index contributed by atoms with van der Waals surface area (Å²) in [5.41, 5.74) is 8.59. The number of hydrogen-bond acceptors (Lipinski definition) is 0. The van der Waals surface area contributed by atoms with Gasteiger partial charge in [0, 0.05) is 12.2 Å². The second kappa shape index (κ2) is 1.54. The second-order valence-electron chi connectivity index (χ2n) is 1.17. The summed E-state index contributed by atoms with van der Waals surface area (Å²) in [5.74, 6) is 0. The molecule has 0 aromatic heterocycles. The molecule has 0 N–H and O–H groups in total. The lowest BCUT2D eigenvalue weighted by Crippen LogP contribution is -1.80. The maximum atomic E-state index is 8.03. The molecule has 33 valence electrons. The van der Waals surface area contributed by atoms with Gasteiger partial charge in [-0.15, -0.1) is 0 Å². The molecule has 0 fully saturated rings. The summed E-state index contributed by atoms with van der Waals surface area (Å²) in [6.07, 6.45) is 7.68. The van der Waals surface area contributed by atoms with Crippen molar-refractivity contribution in [3.63, 3.8) is 0 Å². The lowest BCUT2D eigenvalue weighted by molar-refractivity contribution is -0.00132. The molecule has 0 bridgehead atoms. The molecular formula is C5H3N2. The van der Waals surface area contributed by atoms with Crippen molar-refractivity contribution < 1.29 is 4.79 Å². The molecule has 0 spiro atoms. The maximum absolute atomic E-state index is 8.03. The molecule has 0 atom stereocenters. The van der Waals surface area contributed by atoms with E-state index in [9.17, 15) is 0 Å². The molecule has 2 heteroatoms. The first-order chi connectivity index (χ1) is 3.43. The largest absolute Gasteiger partial charge is 0.361 e. The van der Waals surface area contributed by atoms with E-state index >= 15 is 0 Å². The Bertz CT molecular complexity index is 157. The summed E-state index contributed by atoms with van der Waals surface area (Å²) in [7, 11) is 0. The molecule has 2 nitrogen and oxygen atoms in total. The van der Waals surface area contributed by atoms with Crippen LogP contribution in [0, 0.1) is 6.08 Å². The zero-order chi connectivity index (χ0) is 5.11. The third kappa shape index (κ3) is 0.643. The molecule has 0 saturated carbocycles. The Morgan fingerprint density at radius 1 is 1.71 bits per heavy atom. The van der Waals surface area contributed by atoms with Gasteiger partial charge in [-0.3, -0.25) is 0 Å². The minimum absolute atomic E-state index is 0.556. The Hall–Kier alpha value is -1.14. The van der Waals surface area contributed by atoms with Crippen molar-refractivity contribution >= 4 is 5.71 Å². The molecule has 0 aromatic rings. The van der Waals surface area contributed by atoms with Gasteiger partial charge in [0.2, 0.25) is 0 Å². The summed E-state index contributed by atoms with van der Waals surface area (Å²) in [5, 5.41) is 0. The van der Waals surface area contributed by atoms with E-state index < -0.39 is 0 Å². The Kier molecular flexibility index (Phi) is 0.886. The molecule has 0 amide bonds. The molecule has 1 aliphatic carbocycles. The van der Waals surface area contributed by atoms with Crippen LogP contribution in [0.25, 0.3) is 5.53 Å². The fourth-order valence-corrected chi connectivity index (χ4v) is 0.377. The van der Waals surface area contributed by atoms with Crippen molar-refractivity contribution in [3.05, 3.63) is 29.8 Å². The summed E-state index contributed by atoms with van der Waals surface area (Å²) in [6, 6.07) is 0. The monoisotopic (exact) mass is 91.0 g/mol. The van der Waals surface area contributed by atoms with Gasteiger partial charge in [-0.1, -0.05) is 0 Å². The Morgan fingerprint density at radius 2 is 2.57 bits per heavy atom. The molecule has 0 aliphatic heterocycles. The average molecular weight is 91.1 g/mol. The van der Waals surface area contributed by atoms with Crippen LogP contribution in [0.4, 0.5) is 0 Å². The smallest absolute Gasteiger partial charge is 0.316 e. The number of hydrogen-bond donors (Lipinski definition) is 0. The minimum atomic E-state index is 0.556. The first kappa shape index (κ1) is 4.03. The van der Waals surface area contributed by atoms with Crippen LogP contribution in [0.3, 0.4) is 0 Å². The fourth-order valence-electron chi connectivity index (χ4n) is 0.377. The second-order valence-corrected chi connectivity index (χ2v) is 1.17. The minimum Gasteiger partial charge on any atom is -0.361 e. The van der Waals surface area contributed by atoms with E-state index in [-0.39, 0.29) is 0 Å². The fraction of sp³-hybridized carbons (Fsp3) is 0. The molecule has 0 unspecified atom stereocenters. The average Bonchev–Trinajstić information content (AvgIpc) is 2.14. The molecule has 0 saturated heterocycles. The van der Waals surface area contributed by atoms with E-state index in [2.05, 4.69) is 10.9 Å². The molecule has 0 heterocycles. The van der Waals surface area contributed by atoms with Crippen LogP contribution >= 0.6 is 0 Å². The van der Waals surface area contributed by atoms with Gasteiger partial charge in [0.1, 0.15) is 0 Å². The molecule has 7 heavy (non-hydrogen) atoms. The highest BCUT2D eigenvalue weighted by atomic mass is 14.8. The molecule has 1 radical (unpaired) electrons. The van der Waals surface area contributed by atoms with E-state index in [1.54, 1.807) is 18.2 Å². The SMILES string of the molecule is [N-]=[N+]=C1C=[C]C=C1. The van der Waals surface area contributed by atoms with Gasteiger partial charge in [0.15, 0.2) is 0 Å². The van der Waals surface area contributed by atoms with Crippen molar-refractivity contribution in [1.82, 2.24) is 0 Å². The van der Waals surface area contributed by atoms with E-state index in [0.717, 1.165) is 0 Å². The van der Waals surface area contributed by atoms with Crippen LogP contribution in [-0.2, 0) is 0 Å². The van der Waals surface area contributed by atoms with E-state index in [1.807, 2.05) is 0 Å².